The zero-order valence-electron chi connectivity index (χ0n) is 42.2. The Hall–Kier alpha value is -6.82. The first-order valence-electron chi connectivity index (χ1n) is 25.0. The largest absolute Gasteiger partial charge is 0.456 e. The standard InChI is InChI=1S/C65H58BN2OS/c1-62(2,3)38-22-26-41(27-23-38)67-49-34-44-42-28-24-40(64(7,8)9)33-51(42)69-52(44)35-45(49)55-54-43-19-15-16-20-48(43)65(10,11)57(54)56-46-32-39(63(4,5)6)25-29-50(46)68-59-47-31-37(36-17-13-12-14-18-36)21-30-53(47)70-61(59)66-58(55)60(56)68/h12-35,67H,1-11H3. The van der Waals surface area contributed by atoms with E-state index in [2.05, 4.69) is 239 Å². The van der Waals surface area contributed by atoms with Crippen LogP contribution < -0.4 is 15.6 Å². The first-order valence-corrected chi connectivity index (χ1v) is 25.8. The molecule has 0 atom stereocenters. The number of aromatic nitrogens is 1. The molecule has 1 aliphatic heterocycles. The third kappa shape index (κ3) is 6.33. The Morgan fingerprint density at radius 3 is 1.97 bits per heavy atom. The van der Waals surface area contributed by atoms with Gasteiger partial charge in [0, 0.05) is 59.5 Å². The summed E-state index contributed by atoms with van der Waals surface area (Å²) in [5, 5.41) is 10.2. The van der Waals surface area contributed by atoms with Gasteiger partial charge in [-0.05, 0) is 137 Å². The van der Waals surface area contributed by atoms with E-state index in [-0.39, 0.29) is 21.7 Å². The van der Waals surface area contributed by atoms with E-state index in [4.69, 9.17) is 4.42 Å². The van der Waals surface area contributed by atoms with Gasteiger partial charge in [-0.15, -0.1) is 11.3 Å². The summed E-state index contributed by atoms with van der Waals surface area (Å²) >= 11 is 1.90. The second-order valence-corrected chi connectivity index (χ2v) is 24.8. The highest BCUT2D eigenvalue weighted by molar-refractivity contribution is 7.29. The van der Waals surface area contributed by atoms with E-state index in [0.29, 0.717) is 0 Å². The van der Waals surface area contributed by atoms with Crippen LogP contribution in [0.15, 0.2) is 150 Å². The Kier molecular flexibility index (Phi) is 9.03. The van der Waals surface area contributed by atoms with Crippen molar-refractivity contribution in [1.29, 1.82) is 0 Å². The van der Waals surface area contributed by atoms with Gasteiger partial charge in [0.1, 0.15) is 11.2 Å². The number of hydrogen-bond acceptors (Lipinski definition) is 3. The average molecular weight is 926 g/mol. The molecule has 0 fully saturated rings. The Morgan fingerprint density at radius 1 is 0.557 bits per heavy atom. The van der Waals surface area contributed by atoms with Crippen LogP contribution in [0.5, 0.6) is 0 Å². The number of thiophene rings is 1. The van der Waals surface area contributed by atoms with E-state index in [1.165, 1.54) is 103 Å². The number of benzene rings is 8. The van der Waals surface area contributed by atoms with Crippen LogP contribution in [0.2, 0.25) is 0 Å². The van der Waals surface area contributed by atoms with E-state index in [0.717, 1.165) is 38.9 Å². The van der Waals surface area contributed by atoms with Gasteiger partial charge >= 0.3 is 0 Å². The first-order chi connectivity index (χ1) is 33.3. The summed E-state index contributed by atoms with van der Waals surface area (Å²) in [6, 6.07) is 55.0. The van der Waals surface area contributed by atoms with Gasteiger partial charge in [-0.2, -0.15) is 0 Å². The number of rotatable bonds is 4. The average Bonchev–Trinajstić information content (AvgIpc) is 4.04. The molecule has 11 aromatic rings. The quantitative estimate of drug-likeness (QED) is 0.178. The summed E-state index contributed by atoms with van der Waals surface area (Å²) in [5.74, 6) is 0. The fourth-order valence-corrected chi connectivity index (χ4v) is 13.0. The van der Waals surface area contributed by atoms with Crippen LogP contribution >= 0.6 is 11.3 Å². The normalized spacial score (nSPS) is 14.2. The predicted molar refractivity (Wildman–Crippen MR) is 303 cm³/mol. The zero-order valence-corrected chi connectivity index (χ0v) is 43.0. The van der Waals surface area contributed by atoms with E-state index in [9.17, 15) is 0 Å². The van der Waals surface area contributed by atoms with E-state index >= 15 is 0 Å². The highest BCUT2D eigenvalue weighted by Gasteiger charge is 2.43. The molecule has 3 aromatic heterocycles. The van der Waals surface area contributed by atoms with Gasteiger partial charge in [0.25, 0.3) is 0 Å². The molecule has 0 bridgehead atoms. The molecular formula is C65H58BN2OS. The molecular weight excluding hydrogens is 868 g/mol. The lowest BCUT2D eigenvalue weighted by molar-refractivity contribution is 0.587. The molecule has 3 nitrogen and oxygen atoms in total. The van der Waals surface area contributed by atoms with Gasteiger partial charge in [0.2, 0.25) is 7.28 Å². The van der Waals surface area contributed by atoms with Crippen LogP contribution in [0.25, 0.3) is 92.9 Å². The van der Waals surface area contributed by atoms with Crippen molar-refractivity contribution in [2.75, 3.05) is 5.32 Å². The Morgan fingerprint density at radius 2 is 1.23 bits per heavy atom. The molecule has 0 saturated carbocycles. The number of anilines is 2. The molecule has 0 saturated heterocycles. The van der Waals surface area contributed by atoms with Crippen molar-refractivity contribution in [2.24, 2.45) is 0 Å². The second-order valence-electron chi connectivity index (χ2n) is 23.7. The summed E-state index contributed by atoms with van der Waals surface area (Å²) in [6.07, 6.45) is 0. The van der Waals surface area contributed by atoms with Gasteiger partial charge in [-0.25, -0.2) is 0 Å². The minimum Gasteiger partial charge on any atom is -0.456 e. The topological polar surface area (TPSA) is 30.1 Å². The van der Waals surface area contributed by atoms with Crippen LogP contribution in [0.3, 0.4) is 0 Å². The molecule has 13 rings (SSSR count). The summed E-state index contributed by atoms with van der Waals surface area (Å²) in [7, 11) is 2.54. The maximum Gasteiger partial charge on any atom is 0.211 e. The molecule has 4 heterocycles. The molecule has 8 aromatic carbocycles. The number of nitrogens with one attached hydrogen (secondary N) is 1. The van der Waals surface area contributed by atoms with Crippen LogP contribution in [-0.2, 0) is 21.7 Å². The Labute approximate surface area is 416 Å². The van der Waals surface area contributed by atoms with Crippen LogP contribution in [0.1, 0.15) is 104 Å². The van der Waals surface area contributed by atoms with Gasteiger partial charge in [0.15, 0.2) is 0 Å². The van der Waals surface area contributed by atoms with Gasteiger partial charge < -0.3 is 14.3 Å². The third-order valence-corrected chi connectivity index (χ3v) is 16.8. The van der Waals surface area contributed by atoms with Crippen molar-refractivity contribution in [3.8, 4) is 39.1 Å². The van der Waals surface area contributed by atoms with Crippen molar-refractivity contribution < 1.29 is 4.42 Å². The van der Waals surface area contributed by atoms with Gasteiger partial charge in [-0.3, -0.25) is 0 Å². The SMILES string of the molecule is CC(C)(C)c1ccc(Nc2cc3c(cc2-c2c4c(c5c6cc(C(C)(C)C)ccc6n6c5c2[B]c2sc5ccc(-c7ccccc7)cc5c2-6)C(C)(C)c2ccccc2-4)oc2cc(C(C)(C)C)ccc23)cc1. The maximum atomic E-state index is 7.03. The fourth-order valence-electron chi connectivity index (χ4n) is 11.9. The molecule has 1 radical (unpaired) electrons. The summed E-state index contributed by atoms with van der Waals surface area (Å²) in [5.41, 5.74) is 22.7. The van der Waals surface area contributed by atoms with Gasteiger partial charge in [-0.1, -0.05) is 167 Å². The minimum absolute atomic E-state index is 0.0143. The number of nitrogens with zero attached hydrogens (tertiary/aromatic N) is 1. The summed E-state index contributed by atoms with van der Waals surface area (Å²) < 4.78 is 12.2. The van der Waals surface area contributed by atoms with Crippen molar-refractivity contribution in [1.82, 2.24) is 4.57 Å². The summed E-state index contributed by atoms with van der Waals surface area (Å²) in [6.45, 7) is 25.6. The lowest BCUT2D eigenvalue weighted by Crippen LogP contribution is -2.36. The lowest BCUT2D eigenvalue weighted by Gasteiger charge is -2.28. The van der Waals surface area contributed by atoms with Crippen molar-refractivity contribution >= 4 is 94.1 Å². The van der Waals surface area contributed by atoms with Crippen LogP contribution in [0.4, 0.5) is 11.4 Å². The van der Waals surface area contributed by atoms with E-state index in [1.807, 2.05) is 11.3 Å². The monoisotopic (exact) mass is 925 g/mol. The molecule has 0 amide bonds. The molecule has 0 unspecified atom stereocenters. The van der Waals surface area contributed by atoms with Crippen molar-refractivity contribution in [3.63, 3.8) is 0 Å². The van der Waals surface area contributed by atoms with E-state index in [1.54, 1.807) is 0 Å². The first kappa shape index (κ1) is 43.2. The van der Waals surface area contributed by atoms with Crippen LogP contribution in [0, 0.1) is 0 Å². The highest BCUT2D eigenvalue weighted by atomic mass is 32.1. The third-order valence-electron chi connectivity index (χ3n) is 15.7. The Bertz CT molecular complexity index is 4010. The number of fused-ring (bicyclic) bond motifs is 14. The minimum atomic E-state index is -0.309. The molecule has 343 valence electrons. The van der Waals surface area contributed by atoms with Crippen LogP contribution in [-0.4, -0.2) is 11.8 Å². The number of furan rings is 1. The highest BCUT2D eigenvalue weighted by Crippen LogP contribution is 2.58. The summed E-state index contributed by atoms with van der Waals surface area (Å²) in [4.78, 5) is 0. The lowest BCUT2D eigenvalue weighted by atomic mass is 9.61. The zero-order chi connectivity index (χ0) is 48.4. The van der Waals surface area contributed by atoms with Crippen molar-refractivity contribution in [3.05, 3.63) is 173 Å². The molecule has 2 aliphatic rings. The number of hydrogen-bond donors (Lipinski definition) is 1. The predicted octanol–water partition coefficient (Wildman–Crippen LogP) is 17.1. The molecule has 0 spiro atoms. The molecule has 5 heteroatoms. The molecule has 1 N–H and O–H groups in total. The fraction of sp³-hybridized carbons (Fsp3) is 0.231. The van der Waals surface area contributed by atoms with Crippen molar-refractivity contribution in [2.45, 2.75) is 97.8 Å². The molecule has 1 aliphatic carbocycles. The smallest absolute Gasteiger partial charge is 0.211 e. The van der Waals surface area contributed by atoms with Gasteiger partial charge in [0.05, 0.1) is 11.2 Å². The maximum absolute atomic E-state index is 7.03. The molecule has 70 heavy (non-hydrogen) atoms. The Balaban J connectivity index is 1.19. The second kappa shape index (κ2) is 14.6. The van der Waals surface area contributed by atoms with E-state index < -0.39 is 0 Å².